The van der Waals surface area contributed by atoms with Gasteiger partial charge in [0.2, 0.25) is 11.7 Å². The minimum Gasteiger partial charge on any atom is -0.481 e. The molecule has 1 N–H and O–H groups in total. The van der Waals surface area contributed by atoms with E-state index in [4.69, 9.17) is 0 Å². The first kappa shape index (κ1) is 19.0. The van der Waals surface area contributed by atoms with Gasteiger partial charge in [0.25, 0.3) is 0 Å². The number of nitrogens with zero attached hydrogens (tertiary/aromatic N) is 5. The molecular formula is C19H25N5O3. The van der Waals surface area contributed by atoms with Gasteiger partial charge in [0.05, 0.1) is 5.41 Å². The first-order chi connectivity index (χ1) is 12.8. The average molecular weight is 371 g/mol. The lowest BCUT2D eigenvalue weighted by molar-refractivity contribution is -0.154. The van der Waals surface area contributed by atoms with Crippen LogP contribution in [-0.2, 0) is 9.59 Å². The molecule has 3 rings (SSSR count). The summed E-state index contributed by atoms with van der Waals surface area (Å²) in [5.74, 6) is -0.628. The number of carbonyl (C=O) groups is 2. The van der Waals surface area contributed by atoms with Gasteiger partial charge in [-0.2, -0.15) is 4.80 Å². The van der Waals surface area contributed by atoms with Crippen LogP contribution in [0.4, 0.5) is 0 Å². The molecule has 1 amide bonds. The van der Waals surface area contributed by atoms with Crippen LogP contribution in [0.5, 0.6) is 0 Å². The first-order valence-corrected chi connectivity index (χ1v) is 9.19. The molecule has 1 fully saturated rings. The van der Waals surface area contributed by atoms with Crippen molar-refractivity contribution in [3.05, 3.63) is 30.3 Å². The fraction of sp³-hybridized carbons (Fsp3) is 0.526. The third kappa shape index (κ3) is 3.84. The number of hydrogen-bond donors (Lipinski definition) is 1. The van der Waals surface area contributed by atoms with E-state index in [1.807, 2.05) is 44.2 Å². The van der Waals surface area contributed by atoms with Crippen molar-refractivity contribution in [3.8, 4) is 11.4 Å². The zero-order valence-corrected chi connectivity index (χ0v) is 15.9. The van der Waals surface area contributed by atoms with Gasteiger partial charge in [-0.15, -0.1) is 10.2 Å². The van der Waals surface area contributed by atoms with Gasteiger partial charge in [-0.1, -0.05) is 44.2 Å². The van der Waals surface area contributed by atoms with Crippen molar-refractivity contribution in [1.82, 2.24) is 25.1 Å². The van der Waals surface area contributed by atoms with Crippen LogP contribution in [0.25, 0.3) is 11.4 Å². The van der Waals surface area contributed by atoms with E-state index in [0.717, 1.165) is 5.56 Å². The number of hydrogen-bond acceptors (Lipinski definition) is 5. The fourth-order valence-electron chi connectivity index (χ4n) is 3.49. The van der Waals surface area contributed by atoms with E-state index in [1.54, 1.807) is 11.8 Å². The van der Waals surface area contributed by atoms with Crippen molar-refractivity contribution in [2.45, 2.75) is 39.7 Å². The molecule has 2 heterocycles. The summed E-state index contributed by atoms with van der Waals surface area (Å²) in [4.78, 5) is 27.8. The molecule has 2 unspecified atom stereocenters. The maximum Gasteiger partial charge on any atom is 0.311 e. The van der Waals surface area contributed by atoms with Crippen LogP contribution in [0.15, 0.2) is 30.3 Å². The molecule has 0 radical (unpaired) electrons. The summed E-state index contributed by atoms with van der Waals surface area (Å²) in [6.45, 7) is 6.29. The number of benzene rings is 1. The predicted molar refractivity (Wildman–Crippen MR) is 98.7 cm³/mol. The van der Waals surface area contributed by atoms with Gasteiger partial charge >= 0.3 is 5.97 Å². The first-order valence-electron chi connectivity index (χ1n) is 9.19. The molecule has 0 saturated carbocycles. The number of aliphatic carboxylic acids is 1. The van der Waals surface area contributed by atoms with Gasteiger partial charge in [0.1, 0.15) is 0 Å². The Hall–Kier alpha value is -2.77. The number of likely N-dealkylation sites (tertiary alicyclic amines) is 1. The lowest BCUT2D eigenvalue weighted by atomic mass is 9.81. The molecule has 2 atom stereocenters. The zero-order chi connectivity index (χ0) is 19.6. The van der Waals surface area contributed by atoms with E-state index in [-0.39, 0.29) is 18.4 Å². The fourth-order valence-corrected chi connectivity index (χ4v) is 3.49. The van der Waals surface area contributed by atoms with E-state index in [9.17, 15) is 14.7 Å². The second-order valence-electron chi connectivity index (χ2n) is 7.72. The highest BCUT2D eigenvalue weighted by Crippen LogP contribution is 2.32. The number of carbonyl (C=O) groups excluding carboxylic acids is 1. The Morgan fingerprint density at radius 1 is 1.22 bits per heavy atom. The van der Waals surface area contributed by atoms with Crippen LogP contribution in [0.1, 0.15) is 39.7 Å². The number of carboxylic acid groups (broad SMARTS) is 1. The Morgan fingerprint density at radius 2 is 1.93 bits per heavy atom. The molecule has 0 spiro atoms. The second kappa shape index (κ2) is 7.46. The highest BCUT2D eigenvalue weighted by atomic mass is 16.4. The smallest absolute Gasteiger partial charge is 0.311 e. The quantitative estimate of drug-likeness (QED) is 0.865. The van der Waals surface area contributed by atoms with Crippen molar-refractivity contribution in [2.24, 2.45) is 11.3 Å². The van der Waals surface area contributed by atoms with Gasteiger partial charge in [0.15, 0.2) is 6.04 Å². The molecule has 1 aromatic carbocycles. The maximum absolute atomic E-state index is 13.2. The van der Waals surface area contributed by atoms with Crippen LogP contribution in [0, 0.1) is 11.3 Å². The summed E-state index contributed by atoms with van der Waals surface area (Å²) in [6.07, 6.45) is 1.23. The van der Waals surface area contributed by atoms with E-state index >= 15 is 0 Å². The molecule has 0 bridgehead atoms. The molecule has 2 aromatic rings. The summed E-state index contributed by atoms with van der Waals surface area (Å²) in [5.41, 5.74) is -0.0874. The highest BCUT2D eigenvalue weighted by Gasteiger charge is 2.42. The molecule has 8 heteroatoms. The third-order valence-corrected chi connectivity index (χ3v) is 5.12. The molecule has 1 saturated heterocycles. The Kier molecular flexibility index (Phi) is 5.25. The van der Waals surface area contributed by atoms with Gasteiger partial charge in [0, 0.05) is 18.7 Å². The van der Waals surface area contributed by atoms with Crippen LogP contribution in [0.3, 0.4) is 0 Å². The van der Waals surface area contributed by atoms with Gasteiger partial charge in [-0.3, -0.25) is 9.59 Å². The highest BCUT2D eigenvalue weighted by molar-refractivity contribution is 5.82. The number of tetrazole rings is 1. The molecule has 27 heavy (non-hydrogen) atoms. The lowest BCUT2D eigenvalue weighted by Gasteiger charge is -2.39. The molecule has 144 valence electrons. The molecular weight excluding hydrogens is 346 g/mol. The normalized spacial score (nSPS) is 21.3. The van der Waals surface area contributed by atoms with Crippen molar-refractivity contribution >= 4 is 11.9 Å². The molecule has 1 aliphatic rings. The molecule has 0 aliphatic carbocycles. The monoisotopic (exact) mass is 371 g/mol. The standard InChI is InChI=1S/C19H25N5O3/c1-13(2)15(17(25)23-11-7-10-19(3,12-23)18(26)27)24-21-16(20-22-24)14-8-5-4-6-9-14/h4-6,8-9,13,15H,7,10-12H2,1-3H3,(H,26,27). The van der Waals surface area contributed by atoms with E-state index in [0.29, 0.717) is 25.2 Å². The Labute approximate surface area is 158 Å². The van der Waals surface area contributed by atoms with E-state index in [1.165, 1.54) is 4.80 Å². The van der Waals surface area contributed by atoms with Crippen molar-refractivity contribution in [3.63, 3.8) is 0 Å². The topological polar surface area (TPSA) is 101 Å². The maximum atomic E-state index is 13.2. The summed E-state index contributed by atoms with van der Waals surface area (Å²) >= 11 is 0. The largest absolute Gasteiger partial charge is 0.481 e. The van der Waals surface area contributed by atoms with Crippen molar-refractivity contribution in [2.75, 3.05) is 13.1 Å². The summed E-state index contributed by atoms with van der Waals surface area (Å²) in [6, 6.07) is 8.84. The van der Waals surface area contributed by atoms with Gasteiger partial charge in [-0.25, -0.2) is 0 Å². The number of rotatable bonds is 5. The zero-order valence-electron chi connectivity index (χ0n) is 15.9. The van der Waals surface area contributed by atoms with E-state index in [2.05, 4.69) is 15.4 Å². The summed E-state index contributed by atoms with van der Waals surface area (Å²) in [5, 5.41) is 22.1. The Balaban J connectivity index is 1.85. The van der Waals surface area contributed by atoms with Crippen LogP contribution >= 0.6 is 0 Å². The Bertz CT molecular complexity index is 820. The molecule has 1 aliphatic heterocycles. The SMILES string of the molecule is CC(C)C(C(=O)N1CCCC(C)(C(=O)O)C1)n1nnc(-c2ccccc2)n1. The summed E-state index contributed by atoms with van der Waals surface area (Å²) < 4.78 is 0. The minimum atomic E-state index is -0.916. The number of piperidine rings is 1. The van der Waals surface area contributed by atoms with Crippen LogP contribution < -0.4 is 0 Å². The van der Waals surface area contributed by atoms with Crippen LogP contribution in [0.2, 0.25) is 0 Å². The minimum absolute atomic E-state index is 0.0617. The number of carboxylic acids is 1. The van der Waals surface area contributed by atoms with Crippen molar-refractivity contribution in [1.29, 1.82) is 0 Å². The van der Waals surface area contributed by atoms with Gasteiger partial charge in [-0.05, 0) is 30.9 Å². The summed E-state index contributed by atoms with van der Waals surface area (Å²) in [7, 11) is 0. The average Bonchev–Trinajstić information content (AvgIpc) is 3.11. The van der Waals surface area contributed by atoms with Crippen molar-refractivity contribution < 1.29 is 14.7 Å². The predicted octanol–water partition coefficient (Wildman–Crippen LogP) is 2.25. The molecule has 8 nitrogen and oxygen atoms in total. The van der Waals surface area contributed by atoms with Crippen LogP contribution in [-0.4, -0.2) is 55.2 Å². The lowest BCUT2D eigenvalue weighted by Crippen LogP contribution is -2.51. The van der Waals surface area contributed by atoms with Gasteiger partial charge < -0.3 is 10.0 Å². The number of aromatic nitrogens is 4. The second-order valence-corrected chi connectivity index (χ2v) is 7.72. The Morgan fingerprint density at radius 3 is 2.56 bits per heavy atom. The van der Waals surface area contributed by atoms with E-state index < -0.39 is 17.4 Å². The number of amides is 1. The third-order valence-electron chi connectivity index (χ3n) is 5.12. The molecule has 1 aromatic heterocycles.